The van der Waals surface area contributed by atoms with Gasteiger partial charge in [0.05, 0.1) is 23.7 Å². The van der Waals surface area contributed by atoms with Crippen LogP contribution in [0.15, 0.2) is 70.5 Å². The lowest BCUT2D eigenvalue weighted by Crippen LogP contribution is -2.32. The number of anilines is 1. The van der Waals surface area contributed by atoms with E-state index in [-0.39, 0.29) is 23.3 Å². The fourth-order valence-corrected chi connectivity index (χ4v) is 8.12. The second-order valence-electron chi connectivity index (χ2n) is 9.17. The molecule has 0 spiro atoms. The van der Waals surface area contributed by atoms with E-state index in [1.807, 2.05) is 6.07 Å². The van der Waals surface area contributed by atoms with Crippen molar-refractivity contribution in [3.8, 4) is 11.5 Å². The summed E-state index contributed by atoms with van der Waals surface area (Å²) in [5.74, 6) is -1.04. The number of aromatic amines is 1. The number of benzene rings is 3. The minimum absolute atomic E-state index is 0.184. The van der Waals surface area contributed by atoms with E-state index >= 15 is 0 Å². The first kappa shape index (κ1) is 27.2. The number of nitrogens with one attached hydrogen (secondary N) is 1. The summed E-state index contributed by atoms with van der Waals surface area (Å²) in [7, 11) is 1.52. The van der Waals surface area contributed by atoms with E-state index < -0.39 is 17.1 Å². The quantitative estimate of drug-likeness (QED) is 0.236. The molecule has 0 saturated carbocycles. The lowest BCUT2D eigenvalue weighted by molar-refractivity contribution is -0.122. The van der Waals surface area contributed by atoms with Crippen molar-refractivity contribution < 1.29 is 19.1 Å². The van der Waals surface area contributed by atoms with Crippen molar-refractivity contribution in [3.05, 3.63) is 101 Å². The van der Waals surface area contributed by atoms with Gasteiger partial charge in [-0.3, -0.25) is 14.4 Å². The second-order valence-corrected chi connectivity index (χ2v) is 12.6. The number of hydrogen-bond donors (Lipinski definition) is 1. The van der Waals surface area contributed by atoms with E-state index in [9.17, 15) is 14.4 Å². The van der Waals surface area contributed by atoms with Crippen LogP contribution < -0.4 is 19.2 Å². The Kier molecular flexibility index (Phi) is 7.35. The van der Waals surface area contributed by atoms with Gasteiger partial charge in [-0.1, -0.05) is 70.0 Å². The van der Waals surface area contributed by atoms with Crippen molar-refractivity contribution in [1.29, 1.82) is 0 Å². The van der Waals surface area contributed by atoms with Crippen LogP contribution in [-0.4, -0.2) is 29.2 Å². The lowest BCUT2D eigenvalue weighted by atomic mass is 9.83. The number of imide groups is 1. The number of hydrogen-bond acceptors (Lipinski definition) is 7. The first-order chi connectivity index (χ1) is 19.2. The van der Waals surface area contributed by atoms with Crippen LogP contribution in [-0.2, 0) is 16.2 Å². The third-order valence-electron chi connectivity index (χ3n) is 6.85. The summed E-state index contributed by atoms with van der Waals surface area (Å²) >= 11 is 20.6. The van der Waals surface area contributed by atoms with E-state index in [0.29, 0.717) is 42.2 Å². The van der Waals surface area contributed by atoms with Gasteiger partial charge in [-0.15, -0.1) is 0 Å². The molecule has 3 aromatic carbocycles. The molecule has 0 unspecified atom stereocenters. The van der Waals surface area contributed by atoms with Gasteiger partial charge >= 0.3 is 4.87 Å². The Morgan fingerprint density at radius 2 is 1.65 bits per heavy atom. The molecule has 1 saturated heterocycles. The molecular weight excluding hydrogens is 615 g/mol. The van der Waals surface area contributed by atoms with Crippen LogP contribution in [0.1, 0.15) is 21.9 Å². The number of ether oxygens (including phenoxy) is 2. The highest BCUT2D eigenvalue weighted by Crippen LogP contribution is 2.53. The Morgan fingerprint density at radius 1 is 0.900 bits per heavy atom. The predicted octanol–water partition coefficient (Wildman–Crippen LogP) is 6.78. The first-order valence-corrected chi connectivity index (χ1v) is 14.9. The Bertz CT molecular complexity index is 1710. The predicted molar refractivity (Wildman–Crippen MR) is 158 cm³/mol. The van der Waals surface area contributed by atoms with Gasteiger partial charge in [0, 0.05) is 31.4 Å². The van der Waals surface area contributed by atoms with Gasteiger partial charge in [0.15, 0.2) is 11.5 Å². The van der Waals surface area contributed by atoms with E-state index in [2.05, 4.69) is 4.98 Å². The minimum Gasteiger partial charge on any atom is -0.493 e. The molecule has 0 aliphatic carbocycles. The summed E-state index contributed by atoms with van der Waals surface area (Å²) in [4.78, 5) is 44.3. The highest BCUT2D eigenvalue weighted by molar-refractivity contribution is 8.00. The van der Waals surface area contributed by atoms with E-state index in [4.69, 9.17) is 44.3 Å². The maximum Gasteiger partial charge on any atom is 0.305 e. The smallest absolute Gasteiger partial charge is 0.305 e. The average Bonchev–Trinajstić information content (AvgIpc) is 3.43. The number of carbonyl (C=O) groups excluding carboxylic acids is 2. The summed E-state index contributed by atoms with van der Waals surface area (Å²) in [6.45, 7) is 0.184. The number of carbonyl (C=O) groups is 2. The SMILES string of the molecule is COc1cc([C@@H]2c3sc(=O)[nH]c3S[C@H]3C(=O)N(c4ccc(Cl)cc4)C(=O)[C@@H]23)ccc1OCc1ccc(Cl)cc1Cl. The number of halogens is 3. The van der Waals surface area contributed by atoms with Crippen LogP contribution in [0.3, 0.4) is 0 Å². The molecule has 3 atom stereocenters. The summed E-state index contributed by atoms with van der Waals surface area (Å²) in [5, 5.41) is 1.40. The number of aromatic nitrogens is 1. The van der Waals surface area contributed by atoms with Crippen LogP contribution in [0.4, 0.5) is 5.69 Å². The minimum atomic E-state index is -0.725. The van der Waals surface area contributed by atoms with Crippen molar-refractivity contribution in [2.24, 2.45) is 5.92 Å². The van der Waals surface area contributed by atoms with Crippen LogP contribution in [0.2, 0.25) is 15.1 Å². The number of nitrogens with zero attached hydrogens (tertiary/aromatic N) is 1. The fourth-order valence-electron chi connectivity index (χ4n) is 5.01. The second kappa shape index (κ2) is 10.8. The number of methoxy groups -OCH3 is 1. The van der Waals surface area contributed by atoms with Crippen LogP contribution in [0, 0.1) is 5.92 Å². The molecule has 40 heavy (non-hydrogen) atoms. The Morgan fingerprint density at radius 3 is 2.38 bits per heavy atom. The van der Waals surface area contributed by atoms with Crippen molar-refractivity contribution in [3.63, 3.8) is 0 Å². The number of thioether (sulfide) groups is 1. The molecule has 204 valence electrons. The van der Waals surface area contributed by atoms with Gasteiger partial charge in [0.1, 0.15) is 11.9 Å². The maximum atomic E-state index is 13.9. The van der Waals surface area contributed by atoms with Gasteiger partial charge in [0.25, 0.3) is 0 Å². The summed E-state index contributed by atoms with van der Waals surface area (Å²) in [6.07, 6.45) is 0. The fraction of sp³-hybridized carbons (Fsp3) is 0.179. The number of amides is 2. The summed E-state index contributed by atoms with van der Waals surface area (Å²) in [5.41, 5.74) is 1.93. The van der Waals surface area contributed by atoms with Gasteiger partial charge in [-0.05, 0) is 54.1 Å². The van der Waals surface area contributed by atoms with Crippen LogP contribution in [0.5, 0.6) is 11.5 Å². The molecule has 2 amide bonds. The Labute approximate surface area is 252 Å². The maximum absolute atomic E-state index is 13.9. The highest BCUT2D eigenvalue weighted by Gasteiger charge is 2.56. The normalized spacial score (nSPS) is 19.9. The zero-order valence-electron chi connectivity index (χ0n) is 20.7. The highest BCUT2D eigenvalue weighted by atomic mass is 35.5. The lowest BCUT2D eigenvalue weighted by Gasteiger charge is -2.30. The van der Waals surface area contributed by atoms with Crippen molar-refractivity contribution >= 4 is 75.4 Å². The molecule has 12 heteroatoms. The molecule has 4 aromatic rings. The van der Waals surface area contributed by atoms with Gasteiger partial charge in [-0.25, -0.2) is 4.90 Å². The number of fused-ring (bicyclic) bond motifs is 2. The zero-order valence-corrected chi connectivity index (χ0v) is 24.6. The Balaban J connectivity index is 1.37. The molecule has 7 nitrogen and oxygen atoms in total. The molecular formula is C28H19Cl3N2O5S2. The van der Waals surface area contributed by atoms with Crippen LogP contribution in [0.25, 0.3) is 0 Å². The molecule has 2 aliphatic rings. The van der Waals surface area contributed by atoms with Gasteiger partial charge in [-0.2, -0.15) is 0 Å². The third-order valence-corrected chi connectivity index (χ3v) is 10.1. The molecule has 1 N–H and O–H groups in total. The average molecular weight is 634 g/mol. The first-order valence-electron chi connectivity index (χ1n) is 12.0. The topological polar surface area (TPSA) is 88.7 Å². The Hall–Kier alpha value is -2.95. The number of thiazole rings is 1. The molecule has 0 radical (unpaired) electrons. The monoisotopic (exact) mass is 632 g/mol. The van der Waals surface area contributed by atoms with E-state index in [1.165, 1.54) is 23.8 Å². The molecule has 2 aliphatic heterocycles. The summed E-state index contributed by atoms with van der Waals surface area (Å²) in [6, 6.07) is 17.1. The van der Waals surface area contributed by atoms with Crippen molar-refractivity contribution in [2.45, 2.75) is 22.8 Å². The standard InChI is InChI=1S/C28H19Cl3N2O5S2/c1-37-20-10-13(3-9-19(20)38-12-14-2-4-16(30)11-18(14)31)21-22-24(39-25-23(21)40-28(36)32-25)27(35)33(26(22)34)17-7-5-15(29)6-8-17/h2-11,21-22,24H,12H2,1H3,(H,32,36)/t21-,22-,24+/m0/s1. The van der Waals surface area contributed by atoms with Crippen molar-refractivity contribution in [2.75, 3.05) is 12.0 Å². The van der Waals surface area contributed by atoms with E-state index in [1.54, 1.807) is 54.6 Å². The molecule has 1 aromatic heterocycles. The summed E-state index contributed by atoms with van der Waals surface area (Å²) < 4.78 is 11.7. The zero-order chi connectivity index (χ0) is 28.1. The van der Waals surface area contributed by atoms with Gasteiger partial charge < -0.3 is 14.5 Å². The largest absolute Gasteiger partial charge is 0.493 e. The molecule has 6 rings (SSSR count). The van der Waals surface area contributed by atoms with Gasteiger partial charge in [0.2, 0.25) is 11.8 Å². The third kappa shape index (κ3) is 4.80. The molecule has 1 fully saturated rings. The number of H-pyrrole nitrogens is 1. The van der Waals surface area contributed by atoms with Crippen LogP contribution >= 0.6 is 57.9 Å². The molecule has 3 heterocycles. The molecule has 0 bridgehead atoms. The van der Waals surface area contributed by atoms with Crippen molar-refractivity contribution in [1.82, 2.24) is 4.98 Å². The number of rotatable bonds is 6. The van der Waals surface area contributed by atoms with E-state index in [0.717, 1.165) is 22.5 Å².